The molecule has 10 heteroatoms. The van der Waals surface area contributed by atoms with Crippen LogP contribution in [0.15, 0.2) is 85.1 Å². The Bertz CT molecular complexity index is 1390. The molecule has 380 valence electrons. The van der Waals surface area contributed by atoms with Gasteiger partial charge in [0.2, 0.25) is 0 Å². The molecule has 0 bridgehead atoms. The van der Waals surface area contributed by atoms with E-state index in [1.807, 2.05) is 21.1 Å². The maximum Gasteiger partial charge on any atom is 0.306 e. The van der Waals surface area contributed by atoms with E-state index in [9.17, 15) is 19.0 Å². The summed E-state index contributed by atoms with van der Waals surface area (Å²) in [6, 6.07) is 0. The van der Waals surface area contributed by atoms with Crippen molar-refractivity contribution >= 4 is 19.8 Å². The van der Waals surface area contributed by atoms with Crippen LogP contribution in [0.2, 0.25) is 0 Å². The largest absolute Gasteiger partial charge is 0.756 e. The highest BCUT2D eigenvalue weighted by Gasteiger charge is 2.21. The van der Waals surface area contributed by atoms with Gasteiger partial charge < -0.3 is 27.9 Å². The number of allylic oxidation sites excluding steroid dienone is 14. The van der Waals surface area contributed by atoms with Gasteiger partial charge in [0.15, 0.2) is 6.10 Å². The van der Waals surface area contributed by atoms with Crippen LogP contribution >= 0.6 is 7.82 Å². The van der Waals surface area contributed by atoms with Gasteiger partial charge >= 0.3 is 11.9 Å². The number of ether oxygens (including phenoxy) is 2. The Labute approximate surface area is 405 Å². The summed E-state index contributed by atoms with van der Waals surface area (Å²) < 4.78 is 34.0. The van der Waals surface area contributed by atoms with Gasteiger partial charge in [0, 0.05) is 12.8 Å². The van der Waals surface area contributed by atoms with Crippen LogP contribution in [0.5, 0.6) is 0 Å². The van der Waals surface area contributed by atoms with E-state index in [0.29, 0.717) is 17.4 Å². The molecular formula is C56H98NO8P. The fraction of sp³-hybridized carbons (Fsp3) is 0.714. The van der Waals surface area contributed by atoms with Crippen LogP contribution in [-0.4, -0.2) is 70.0 Å². The van der Waals surface area contributed by atoms with Crippen LogP contribution in [0.3, 0.4) is 0 Å². The second-order valence-electron chi connectivity index (χ2n) is 18.5. The summed E-state index contributed by atoms with van der Waals surface area (Å²) >= 11 is 0. The highest BCUT2D eigenvalue weighted by Crippen LogP contribution is 2.38. The van der Waals surface area contributed by atoms with E-state index in [-0.39, 0.29) is 26.1 Å². The molecule has 0 saturated carbocycles. The van der Waals surface area contributed by atoms with Gasteiger partial charge in [-0.25, -0.2) is 0 Å². The lowest BCUT2D eigenvalue weighted by Crippen LogP contribution is -2.37. The standard InChI is InChI=1S/C56H98NO8P/c1-6-8-10-12-14-16-18-20-22-24-26-27-28-29-31-33-35-37-39-41-43-45-47-49-56(59)65-54(53-64-66(60,61)63-51-50-57(3,4)5)52-62-55(58)48-46-44-42-40-38-36-34-32-30-25-23-21-19-17-15-13-11-9-7-2/h8,10,14,16,20-23,26-27,29,31,35,37,54H,6-7,9,11-13,15,17-19,24-25,28,30,32-34,36,38-53H2,1-5H3/b10-8-,16-14-,22-20-,23-21-,27-26-,31-29-,37-35-. The Kier molecular flexibility index (Phi) is 45.3. The first-order valence-electron chi connectivity index (χ1n) is 26.3. The lowest BCUT2D eigenvalue weighted by atomic mass is 10.1. The van der Waals surface area contributed by atoms with Crippen LogP contribution < -0.4 is 4.89 Å². The maximum absolute atomic E-state index is 12.8. The Morgan fingerprint density at radius 1 is 0.485 bits per heavy atom. The first kappa shape index (κ1) is 63.2. The molecule has 66 heavy (non-hydrogen) atoms. The van der Waals surface area contributed by atoms with Crippen LogP contribution in [0.4, 0.5) is 0 Å². The van der Waals surface area contributed by atoms with Crippen LogP contribution in [0, 0.1) is 0 Å². The van der Waals surface area contributed by atoms with E-state index < -0.39 is 32.5 Å². The minimum absolute atomic E-state index is 0.0406. The smallest absolute Gasteiger partial charge is 0.306 e. The number of rotatable bonds is 47. The Morgan fingerprint density at radius 2 is 0.864 bits per heavy atom. The van der Waals surface area contributed by atoms with E-state index in [1.165, 1.54) is 83.5 Å². The number of likely N-dealkylation sites (N-methyl/N-ethyl adjacent to an activating group) is 1. The predicted octanol–water partition coefficient (Wildman–Crippen LogP) is 15.3. The number of phosphoric acid groups is 1. The number of hydrogen-bond donors (Lipinski definition) is 0. The molecule has 0 aromatic carbocycles. The number of nitrogens with zero attached hydrogens (tertiary/aromatic N) is 1. The van der Waals surface area contributed by atoms with Crippen molar-refractivity contribution in [2.75, 3.05) is 47.5 Å². The molecule has 0 heterocycles. The van der Waals surface area contributed by atoms with Crippen molar-refractivity contribution < 1.29 is 42.1 Å². The fourth-order valence-electron chi connectivity index (χ4n) is 6.83. The molecule has 0 rings (SSSR count). The third-order valence-corrected chi connectivity index (χ3v) is 11.9. The van der Waals surface area contributed by atoms with Gasteiger partial charge in [-0.15, -0.1) is 0 Å². The molecule has 0 saturated heterocycles. The van der Waals surface area contributed by atoms with Crippen molar-refractivity contribution in [2.24, 2.45) is 0 Å². The van der Waals surface area contributed by atoms with Crippen molar-refractivity contribution in [3.05, 3.63) is 85.1 Å². The quantitative estimate of drug-likeness (QED) is 0.0195. The minimum atomic E-state index is -4.65. The molecule has 0 fully saturated rings. The van der Waals surface area contributed by atoms with Crippen LogP contribution in [0.25, 0.3) is 0 Å². The molecule has 0 radical (unpaired) electrons. The molecule has 0 aliphatic heterocycles. The van der Waals surface area contributed by atoms with Gasteiger partial charge in [-0.2, -0.15) is 0 Å². The highest BCUT2D eigenvalue weighted by molar-refractivity contribution is 7.45. The van der Waals surface area contributed by atoms with Crippen LogP contribution in [-0.2, 0) is 32.7 Å². The summed E-state index contributed by atoms with van der Waals surface area (Å²) in [5, 5.41) is 0. The first-order chi connectivity index (χ1) is 32.0. The summed E-state index contributed by atoms with van der Waals surface area (Å²) in [5.41, 5.74) is 0. The van der Waals surface area contributed by atoms with Gasteiger partial charge in [-0.3, -0.25) is 14.2 Å². The number of phosphoric ester groups is 1. The highest BCUT2D eigenvalue weighted by atomic mass is 31.2. The van der Waals surface area contributed by atoms with Gasteiger partial charge in [0.05, 0.1) is 27.7 Å². The summed E-state index contributed by atoms with van der Waals surface area (Å²) in [7, 11) is 1.14. The third-order valence-electron chi connectivity index (χ3n) is 10.9. The van der Waals surface area contributed by atoms with Crippen LogP contribution in [0.1, 0.15) is 206 Å². The molecule has 0 N–H and O–H groups in total. The Balaban J connectivity index is 4.32. The van der Waals surface area contributed by atoms with Gasteiger partial charge in [0.1, 0.15) is 19.8 Å². The predicted molar refractivity (Wildman–Crippen MR) is 277 cm³/mol. The Morgan fingerprint density at radius 3 is 1.30 bits per heavy atom. The molecule has 0 aromatic heterocycles. The SMILES string of the molecule is CC/C=C\C/C=C\C/C=C\C/C=C\C/C=C\C/C=C\CCCCCCC(=O)OC(COC(=O)CCCCCCCCCCC/C=C\CCCCCCCC)COP(=O)([O-])OCC[N+](C)(C)C. The van der Waals surface area contributed by atoms with E-state index in [4.69, 9.17) is 18.5 Å². The van der Waals surface area contributed by atoms with E-state index in [0.717, 1.165) is 89.9 Å². The second kappa shape index (κ2) is 47.3. The topological polar surface area (TPSA) is 111 Å². The summed E-state index contributed by atoms with van der Waals surface area (Å²) in [5.74, 6) is -0.868. The number of carbonyl (C=O) groups excluding carboxylic acids is 2. The number of hydrogen-bond acceptors (Lipinski definition) is 8. The van der Waals surface area contributed by atoms with Gasteiger partial charge in [-0.05, 0) is 89.9 Å². The zero-order chi connectivity index (χ0) is 48.5. The van der Waals surface area contributed by atoms with Crippen molar-refractivity contribution in [1.29, 1.82) is 0 Å². The number of quaternary nitrogens is 1. The molecule has 2 atom stereocenters. The molecule has 0 aliphatic rings. The van der Waals surface area contributed by atoms with Crippen molar-refractivity contribution in [2.45, 2.75) is 213 Å². The second-order valence-corrected chi connectivity index (χ2v) is 19.9. The average Bonchev–Trinajstić information content (AvgIpc) is 3.27. The monoisotopic (exact) mass is 944 g/mol. The van der Waals surface area contributed by atoms with Crippen molar-refractivity contribution in [3.63, 3.8) is 0 Å². The summed E-state index contributed by atoms with van der Waals surface area (Å²) in [6.07, 6.45) is 61.8. The molecule has 0 aliphatic carbocycles. The van der Waals surface area contributed by atoms with Gasteiger partial charge in [0.25, 0.3) is 7.82 Å². The maximum atomic E-state index is 12.8. The number of unbranched alkanes of at least 4 members (excludes halogenated alkanes) is 19. The summed E-state index contributed by atoms with van der Waals surface area (Å²) in [4.78, 5) is 37.8. The molecule has 2 unspecified atom stereocenters. The summed E-state index contributed by atoms with van der Waals surface area (Å²) in [6.45, 7) is 4.08. The zero-order valence-corrected chi connectivity index (χ0v) is 43.8. The normalized spacial score (nSPS) is 14.1. The zero-order valence-electron chi connectivity index (χ0n) is 42.9. The molecule has 0 amide bonds. The lowest BCUT2D eigenvalue weighted by Gasteiger charge is -2.28. The molecular weight excluding hydrogens is 846 g/mol. The fourth-order valence-corrected chi connectivity index (χ4v) is 7.56. The lowest BCUT2D eigenvalue weighted by molar-refractivity contribution is -0.870. The average molecular weight is 944 g/mol. The van der Waals surface area contributed by atoms with Crippen molar-refractivity contribution in [1.82, 2.24) is 0 Å². The van der Waals surface area contributed by atoms with E-state index >= 15 is 0 Å². The van der Waals surface area contributed by atoms with Crippen molar-refractivity contribution in [3.8, 4) is 0 Å². The molecule has 0 spiro atoms. The van der Waals surface area contributed by atoms with E-state index in [1.54, 1.807) is 0 Å². The number of carbonyl (C=O) groups is 2. The number of esters is 2. The third kappa shape index (κ3) is 50.6. The molecule has 0 aromatic rings. The van der Waals surface area contributed by atoms with Gasteiger partial charge in [-0.1, -0.05) is 189 Å². The molecule has 9 nitrogen and oxygen atoms in total. The Hall–Kier alpha value is -2.81. The minimum Gasteiger partial charge on any atom is -0.756 e. The van der Waals surface area contributed by atoms with E-state index in [2.05, 4.69) is 98.9 Å². The first-order valence-corrected chi connectivity index (χ1v) is 27.8.